The van der Waals surface area contributed by atoms with E-state index in [0.29, 0.717) is 0 Å². The first kappa shape index (κ1) is 13.3. The lowest BCUT2D eigenvalue weighted by Gasteiger charge is -2.10. The fourth-order valence-corrected chi connectivity index (χ4v) is 1.07. The molecule has 6 heteroatoms. The summed E-state index contributed by atoms with van der Waals surface area (Å²) in [4.78, 5) is 11.2. The van der Waals surface area contributed by atoms with E-state index in [0.717, 1.165) is 0 Å². The van der Waals surface area contributed by atoms with Crippen LogP contribution < -0.4 is 4.74 Å². The van der Waals surface area contributed by atoms with Crippen LogP contribution in [0, 0.1) is 0 Å². The van der Waals surface area contributed by atoms with E-state index < -0.39 is 18.8 Å². The molecule has 0 aliphatic carbocycles. The number of hydrogen-bond donors (Lipinski definition) is 0. The maximum absolute atomic E-state index is 12.5. The van der Waals surface area contributed by atoms with Gasteiger partial charge in [-0.25, -0.2) is 13.6 Å². The Labute approximate surface area is 96.1 Å². The first-order valence-electron chi connectivity index (χ1n) is 4.90. The Morgan fingerprint density at radius 2 is 1.82 bits per heavy atom. The van der Waals surface area contributed by atoms with Crippen LogP contribution in [-0.4, -0.2) is 25.4 Å². The highest BCUT2D eigenvalue weighted by Gasteiger charge is 2.20. The third-order valence-corrected chi connectivity index (χ3v) is 1.81. The molecule has 1 atom stereocenters. The van der Waals surface area contributed by atoms with Gasteiger partial charge in [0.25, 0.3) is 6.36 Å². The van der Waals surface area contributed by atoms with Gasteiger partial charge in [-0.15, -0.1) is 0 Å². The molecule has 3 nitrogen and oxygen atoms in total. The highest BCUT2D eigenvalue weighted by Crippen LogP contribution is 2.17. The molecule has 94 valence electrons. The van der Waals surface area contributed by atoms with Gasteiger partial charge in [0.2, 0.25) is 0 Å². The Hall–Kier alpha value is -1.72. The van der Waals surface area contributed by atoms with Crippen molar-refractivity contribution >= 4 is 5.97 Å². The Balaban J connectivity index is 2.65. The average Bonchev–Trinajstić information content (AvgIpc) is 2.30. The first-order valence-corrected chi connectivity index (χ1v) is 4.90. The minimum absolute atomic E-state index is 0.0779. The summed E-state index contributed by atoms with van der Waals surface area (Å²) in [5.74, 6) is -0.615. The standard InChI is InChI=1S/C11H11F3O3/c1-2-16-11(15)7-3-5-8(6-4-7)17-10(14)9(12)13/h3-6,9-10H,2H2,1H3. The molecular formula is C11H11F3O3. The van der Waals surface area contributed by atoms with E-state index in [2.05, 4.69) is 4.74 Å². The van der Waals surface area contributed by atoms with Crippen LogP contribution in [0.3, 0.4) is 0 Å². The summed E-state index contributed by atoms with van der Waals surface area (Å²) in [7, 11) is 0. The van der Waals surface area contributed by atoms with E-state index in [-0.39, 0.29) is 17.9 Å². The second kappa shape index (κ2) is 6.12. The van der Waals surface area contributed by atoms with E-state index in [9.17, 15) is 18.0 Å². The molecular weight excluding hydrogens is 237 g/mol. The molecule has 0 amide bonds. The zero-order valence-electron chi connectivity index (χ0n) is 9.03. The molecule has 0 fully saturated rings. The number of halogens is 3. The molecule has 0 aromatic heterocycles. The van der Waals surface area contributed by atoms with Gasteiger partial charge in [0.05, 0.1) is 12.2 Å². The second-order valence-electron chi connectivity index (χ2n) is 3.05. The summed E-state index contributed by atoms with van der Waals surface area (Å²) >= 11 is 0. The van der Waals surface area contributed by atoms with Crippen LogP contribution in [0.5, 0.6) is 5.75 Å². The number of ether oxygens (including phenoxy) is 2. The Morgan fingerprint density at radius 1 is 1.24 bits per heavy atom. The van der Waals surface area contributed by atoms with Crippen LogP contribution >= 0.6 is 0 Å². The molecule has 0 heterocycles. The molecule has 0 spiro atoms. The van der Waals surface area contributed by atoms with Gasteiger partial charge in [-0.05, 0) is 31.2 Å². The molecule has 1 aromatic carbocycles. The third-order valence-electron chi connectivity index (χ3n) is 1.81. The van der Waals surface area contributed by atoms with Crippen molar-refractivity contribution < 1.29 is 27.4 Å². The molecule has 0 radical (unpaired) electrons. The van der Waals surface area contributed by atoms with Gasteiger partial charge in [-0.2, -0.15) is 4.39 Å². The topological polar surface area (TPSA) is 35.5 Å². The summed E-state index contributed by atoms with van der Waals surface area (Å²) in [6, 6.07) is 5.07. The van der Waals surface area contributed by atoms with Gasteiger partial charge in [0.1, 0.15) is 5.75 Å². The monoisotopic (exact) mass is 248 g/mol. The quantitative estimate of drug-likeness (QED) is 0.751. The molecule has 0 aliphatic rings. The molecule has 0 saturated carbocycles. The predicted molar refractivity (Wildman–Crippen MR) is 53.9 cm³/mol. The van der Waals surface area contributed by atoms with Crippen molar-refractivity contribution in [2.45, 2.75) is 19.7 Å². The van der Waals surface area contributed by atoms with Gasteiger partial charge in [0, 0.05) is 0 Å². The third kappa shape index (κ3) is 3.97. The fourth-order valence-electron chi connectivity index (χ4n) is 1.07. The zero-order valence-corrected chi connectivity index (χ0v) is 9.03. The van der Waals surface area contributed by atoms with Crippen LogP contribution in [0.4, 0.5) is 13.2 Å². The summed E-state index contributed by atoms with van der Waals surface area (Å²) in [6.07, 6.45) is -5.89. The Morgan fingerprint density at radius 3 is 2.29 bits per heavy atom. The molecule has 0 saturated heterocycles. The van der Waals surface area contributed by atoms with Crippen molar-refractivity contribution in [1.29, 1.82) is 0 Å². The lowest BCUT2D eigenvalue weighted by atomic mass is 10.2. The number of alkyl halides is 3. The fraction of sp³-hybridized carbons (Fsp3) is 0.364. The van der Waals surface area contributed by atoms with Crippen LogP contribution in [0.2, 0.25) is 0 Å². The van der Waals surface area contributed by atoms with E-state index in [4.69, 9.17) is 4.74 Å². The van der Waals surface area contributed by atoms with Crippen LogP contribution in [-0.2, 0) is 4.74 Å². The first-order chi connectivity index (χ1) is 8.04. The summed E-state index contributed by atoms with van der Waals surface area (Å²) < 4.78 is 45.2. The summed E-state index contributed by atoms with van der Waals surface area (Å²) in [6.45, 7) is 1.89. The van der Waals surface area contributed by atoms with E-state index in [1.54, 1.807) is 6.92 Å². The molecule has 1 aromatic rings. The minimum atomic E-state index is -3.21. The summed E-state index contributed by atoms with van der Waals surface area (Å²) in [5.41, 5.74) is 0.242. The van der Waals surface area contributed by atoms with Crippen LogP contribution in [0.1, 0.15) is 17.3 Å². The number of esters is 1. The SMILES string of the molecule is CCOC(=O)c1ccc(OC(F)C(F)F)cc1. The average molecular weight is 248 g/mol. The van der Waals surface area contributed by atoms with Gasteiger partial charge in [-0.3, -0.25) is 0 Å². The number of carbonyl (C=O) groups excluding carboxylic acids is 1. The van der Waals surface area contributed by atoms with Crippen molar-refractivity contribution in [2.75, 3.05) is 6.61 Å². The van der Waals surface area contributed by atoms with E-state index in [1.165, 1.54) is 24.3 Å². The number of rotatable bonds is 5. The molecule has 1 rings (SSSR count). The highest BCUT2D eigenvalue weighted by molar-refractivity contribution is 5.89. The Bertz CT molecular complexity index is 365. The second-order valence-corrected chi connectivity index (χ2v) is 3.05. The normalized spacial score (nSPS) is 12.3. The van der Waals surface area contributed by atoms with Gasteiger partial charge >= 0.3 is 12.4 Å². The highest BCUT2D eigenvalue weighted by atomic mass is 19.3. The lowest BCUT2D eigenvalue weighted by Crippen LogP contribution is -2.19. The van der Waals surface area contributed by atoms with E-state index >= 15 is 0 Å². The van der Waals surface area contributed by atoms with Crippen molar-refractivity contribution in [3.8, 4) is 5.75 Å². The summed E-state index contributed by atoms with van der Waals surface area (Å²) in [5, 5.41) is 0. The van der Waals surface area contributed by atoms with Gasteiger partial charge < -0.3 is 9.47 Å². The molecule has 0 bridgehead atoms. The maximum atomic E-state index is 12.5. The minimum Gasteiger partial charge on any atom is -0.462 e. The van der Waals surface area contributed by atoms with Crippen molar-refractivity contribution in [3.05, 3.63) is 29.8 Å². The van der Waals surface area contributed by atoms with Gasteiger partial charge in [0.15, 0.2) is 0 Å². The van der Waals surface area contributed by atoms with Crippen LogP contribution in [0.25, 0.3) is 0 Å². The van der Waals surface area contributed by atoms with Gasteiger partial charge in [-0.1, -0.05) is 0 Å². The molecule has 0 N–H and O–H groups in total. The van der Waals surface area contributed by atoms with E-state index in [1.807, 2.05) is 0 Å². The number of benzene rings is 1. The van der Waals surface area contributed by atoms with Crippen molar-refractivity contribution in [1.82, 2.24) is 0 Å². The number of carbonyl (C=O) groups is 1. The number of hydrogen-bond acceptors (Lipinski definition) is 3. The molecule has 1 unspecified atom stereocenters. The smallest absolute Gasteiger partial charge is 0.338 e. The zero-order chi connectivity index (χ0) is 12.8. The largest absolute Gasteiger partial charge is 0.462 e. The van der Waals surface area contributed by atoms with Crippen molar-refractivity contribution in [2.24, 2.45) is 0 Å². The molecule has 17 heavy (non-hydrogen) atoms. The lowest BCUT2D eigenvalue weighted by molar-refractivity contribution is -0.0669. The van der Waals surface area contributed by atoms with Crippen molar-refractivity contribution in [3.63, 3.8) is 0 Å². The molecule has 0 aliphatic heterocycles. The van der Waals surface area contributed by atoms with Crippen LogP contribution in [0.15, 0.2) is 24.3 Å². The maximum Gasteiger partial charge on any atom is 0.338 e. The Kier molecular flexibility index (Phi) is 4.81. The predicted octanol–water partition coefficient (Wildman–Crippen LogP) is 2.80.